The minimum absolute atomic E-state index is 0.363. The van der Waals surface area contributed by atoms with Gasteiger partial charge in [0.2, 0.25) is 6.41 Å². The molecule has 74 valence electrons. The molecule has 13 heavy (non-hydrogen) atoms. The Balaban J connectivity index is 2.75. The van der Waals surface area contributed by atoms with E-state index in [4.69, 9.17) is 5.11 Å². The summed E-state index contributed by atoms with van der Waals surface area (Å²) < 4.78 is 0. The van der Waals surface area contributed by atoms with Crippen molar-refractivity contribution < 1.29 is 14.7 Å². The molecule has 0 aromatic rings. The first-order chi connectivity index (χ1) is 6.14. The molecule has 0 radical (unpaired) electrons. The predicted octanol–water partition coefficient (Wildman–Crippen LogP) is 0.720. The number of carbonyl (C=O) groups is 2. The molecule has 1 fully saturated rings. The molecule has 0 aliphatic carbocycles. The highest BCUT2D eigenvalue weighted by Gasteiger charge is 2.40. The molecule has 1 aliphatic rings. The van der Waals surface area contributed by atoms with Gasteiger partial charge in [0.25, 0.3) is 0 Å². The van der Waals surface area contributed by atoms with Crippen molar-refractivity contribution in [3.63, 3.8) is 0 Å². The second kappa shape index (κ2) is 3.77. The Hall–Kier alpha value is -1.06. The average molecular weight is 185 g/mol. The van der Waals surface area contributed by atoms with Crippen LogP contribution in [0.25, 0.3) is 0 Å². The number of carboxylic acids is 1. The molecule has 0 aromatic carbocycles. The Labute approximate surface area is 77.5 Å². The molecule has 1 amide bonds. The van der Waals surface area contributed by atoms with E-state index in [1.54, 1.807) is 4.90 Å². The number of piperidine rings is 1. The summed E-state index contributed by atoms with van der Waals surface area (Å²) in [5, 5.41) is 9.06. The smallest absolute Gasteiger partial charge is 0.311 e. The number of rotatable bonds is 3. The second-order valence-electron chi connectivity index (χ2n) is 3.62. The zero-order chi connectivity index (χ0) is 9.90. The van der Waals surface area contributed by atoms with Crippen LogP contribution in [-0.4, -0.2) is 35.5 Å². The Kier molecular flexibility index (Phi) is 2.90. The summed E-state index contributed by atoms with van der Waals surface area (Å²) in [5.74, 6) is -0.776. The predicted molar refractivity (Wildman–Crippen MR) is 47.2 cm³/mol. The first kappa shape index (κ1) is 10.0. The van der Waals surface area contributed by atoms with Gasteiger partial charge in [0.1, 0.15) is 0 Å². The molecule has 0 spiro atoms. The number of amides is 1. The lowest BCUT2D eigenvalue weighted by Gasteiger charge is -2.37. The molecule has 1 N–H and O–H groups in total. The Bertz CT molecular complexity index is 217. The number of hydrogen-bond donors (Lipinski definition) is 1. The van der Waals surface area contributed by atoms with Crippen LogP contribution in [0.5, 0.6) is 0 Å². The van der Waals surface area contributed by atoms with Crippen LogP contribution < -0.4 is 0 Å². The van der Waals surface area contributed by atoms with Crippen molar-refractivity contribution in [2.45, 2.75) is 26.2 Å². The lowest BCUT2D eigenvalue weighted by Crippen LogP contribution is -2.46. The molecule has 1 atom stereocenters. The molecule has 0 bridgehead atoms. The van der Waals surface area contributed by atoms with Crippen molar-refractivity contribution in [2.75, 3.05) is 13.1 Å². The fraction of sp³-hybridized carbons (Fsp3) is 0.778. The van der Waals surface area contributed by atoms with Crippen molar-refractivity contribution in [3.8, 4) is 0 Å². The highest BCUT2D eigenvalue weighted by molar-refractivity contribution is 5.75. The van der Waals surface area contributed by atoms with E-state index >= 15 is 0 Å². The van der Waals surface area contributed by atoms with E-state index in [1.165, 1.54) is 0 Å². The van der Waals surface area contributed by atoms with E-state index in [-0.39, 0.29) is 0 Å². The molecule has 0 saturated carbocycles. The summed E-state index contributed by atoms with van der Waals surface area (Å²) in [6.07, 6.45) is 2.81. The monoisotopic (exact) mass is 185 g/mol. The number of hydrogen-bond acceptors (Lipinski definition) is 2. The lowest BCUT2D eigenvalue weighted by atomic mass is 9.78. The average Bonchev–Trinajstić information content (AvgIpc) is 2.17. The van der Waals surface area contributed by atoms with E-state index in [1.807, 2.05) is 6.92 Å². The third-order valence-corrected chi connectivity index (χ3v) is 2.89. The summed E-state index contributed by atoms with van der Waals surface area (Å²) in [6, 6.07) is 0. The van der Waals surface area contributed by atoms with Crippen LogP contribution in [0.15, 0.2) is 0 Å². The maximum atomic E-state index is 11.0. The van der Waals surface area contributed by atoms with Gasteiger partial charge in [-0.3, -0.25) is 9.59 Å². The molecule has 1 heterocycles. The van der Waals surface area contributed by atoms with Gasteiger partial charge in [0.15, 0.2) is 0 Å². The van der Waals surface area contributed by atoms with Crippen LogP contribution in [0.3, 0.4) is 0 Å². The largest absolute Gasteiger partial charge is 0.481 e. The van der Waals surface area contributed by atoms with Crippen molar-refractivity contribution in [1.29, 1.82) is 0 Å². The van der Waals surface area contributed by atoms with Crippen LogP contribution in [0.2, 0.25) is 0 Å². The fourth-order valence-electron chi connectivity index (χ4n) is 1.87. The Morgan fingerprint density at radius 1 is 1.69 bits per heavy atom. The van der Waals surface area contributed by atoms with Crippen LogP contribution >= 0.6 is 0 Å². The molecule has 4 nitrogen and oxygen atoms in total. The van der Waals surface area contributed by atoms with Gasteiger partial charge in [-0.15, -0.1) is 0 Å². The summed E-state index contributed by atoms with van der Waals surface area (Å²) in [4.78, 5) is 23.1. The molecule has 1 rings (SSSR count). The molecule has 1 unspecified atom stereocenters. The van der Waals surface area contributed by atoms with Crippen LogP contribution in [0.1, 0.15) is 26.2 Å². The minimum Gasteiger partial charge on any atom is -0.481 e. The minimum atomic E-state index is -0.776. The topological polar surface area (TPSA) is 57.6 Å². The number of aliphatic carboxylic acids is 1. The zero-order valence-corrected chi connectivity index (χ0v) is 7.82. The van der Waals surface area contributed by atoms with Gasteiger partial charge >= 0.3 is 5.97 Å². The molecule has 0 aromatic heterocycles. The Morgan fingerprint density at radius 3 is 2.85 bits per heavy atom. The number of likely N-dealkylation sites (tertiary alicyclic amines) is 1. The molecular weight excluding hydrogens is 170 g/mol. The number of carboxylic acid groups (broad SMARTS) is 1. The van der Waals surface area contributed by atoms with Crippen LogP contribution in [0.4, 0.5) is 0 Å². The van der Waals surface area contributed by atoms with Gasteiger partial charge in [0.05, 0.1) is 5.41 Å². The van der Waals surface area contributed by atoms with Gasteiger partial charge in [-0.25, -0.2) is 0 Å². The number of carbonyl (C=O) groups excluding carboxylic acids is 1. The Morgan fingerprint density at radius 2 is 2.38 bits per heavy atom. The summed E-state index contributed by atoms with van der Waals surface area (Å²) in [7, 11) is 0. The summed E-state index contributed by atoms with van der Waals surface area (Å²) >= 11 is 0. The molecule has 1 aliphatic heterocycles. The third-order valence-electron chi connectivity index (χ3n) is 2.89. The summed E-state index contributed by atoms with van der Waals surface area (Å²) in [5.41, 5.74) is -0.695. The van der Waals surface area contributed by atoms with Gasteiger partial charge in [-0.05, 0) is 19.3 Å². The number of nitrogens with zero attached hydrogens (tertiary/aromatic N) is 1. The quantitative estimate of drug-likeness (QED) is 0.659. The van der Waals surface area contributed by atoms with E-state index in [9.17, 15) is 9.59 Å². The SMILES string of the molecule is CCC1(C(=O)O)CCCN(C=O)C1. The zero-order valence-electron chi connectivity index (χ0n) is 7.82. The first-order valence-corrected chi connectivity index (χ1v) is 4.57. The first-order valence-electron chi connectivity index (χ1n) is 4.57. The second-order valence-corrected chi connectivity index (χ2v) is 3.62. The molecular formula is C9H15NO3. The lowest BCUT2D eigenvalue weighted by molar-refractivity contribution is -0.153. The normalized spacial score (nSPS) is 28.5. The van der Waals surface area contributed by atoms with Gasteiger partial charge in [-0.2, -0.15) is 0 Å². The molecule has 1 saturated heterocycles. The van der Waals surface area contributed by atoms with E-state index < -0.39 is 11.4 Å². The van der Waals surface area contributed by atoms with E-state index in [0.717, 1.165) is 12.8 Å². The van der Waals surface area contributed by atoms with E-state index in [0.29, 0.717) is 25.9 Å². The third kappa shape index (κ3) is 1.82. The maximum absolute atomic E-state index is 11.0. The summed E-state index contributed by atoms with van der Waals surface area (Å²) in [6.45, 7) is 2.92. The van der Waals surface area contributed by atoms with Crippen LogP contribution in [-0.2, 0) is 9.59 Å². The maximum Gasteiger partial charge on any atom is 0.311 e. The van der Waals surface area contributed by atoms with Gasteiger partial charge < -0.3 is 10.0 Å². The molecule has 4 heteroatoms. The van der Waals surface area contributed by atoms with Crippen molar-refractivity contribution in [1.82, 2.24) is 4.90 Å². The van der Waals surface area contributed by atoms with Crippen molar-refractivity contribution >= 4 is 12.4 Å². The van der Waals surface area contributed by atoms with E-state index in [2.05, 4.69) is 0 Å². The van der Waals surface area contributed by atoms with Crippen molar-refractivity contribution in [2.24, 2.45) is 5.41 Å². The van der Waals surface area contributed by atoms with Crippen molar-refractivity contribution in [3.05, 3.63) is 0 Å². The van der Waals surface area contributed by atoms with Gasteiger partial charge in [0, 0.05) is 13.1 Å². The van der Waals surface area contributed by atoms with Crippen LogP contribution in [0, 0.1) is 5.41 Å². The highest BCUT2D eigenvalue weighted by Crippen LogP contribution is 2.32. The highest BCUT2D eigenvalue weighted by atomic mass is 16.4. The standard InChI is InChI=1S/C9H15NO3/c1-2-9(8(12)13)4-3-5-10(6-9)7-11/h7H,2-6H2,1H3,(H,12,13). The van der Waals surface area contributed by atoms with Gasteiger partial charge in [-0.1, -0.05) is 6.92 Å². The fourth-order valence-corrected chi connectivity index (χ4v) is 1.87.